The largest absolute Gasteiger partial charge is 0.300 e. The lowest BCUT2D eigenvalue weighted by Gasteiger charge is -2.11. The van der Waals surface area contributed by atoms with Crippen LogP contribution in [0, 0.1) is 5.92 Å². The number of ketones is 1. The summed E-state index contributed by atoms with van der Waals surface area (Å²) < 4.78 is 0. The van der Waals surface area contributed by atoms with Crippen molar-refractivity contribution in [2.24, 2.45) is 5.92 Å². The number of carbonyl (C=O) groups excluding carboxylic acids is 1. The molecule has 2 rings (SSSR count). The zero-order chi connectivity index (χ0) is 10.5. The first-order valence-electron chi connectivity index (χ1n) is 5.76. The van der Waals surface area contributed by atoms with E-state index in [2.05, 4.69) is 11.1 Å². The molecule has 1 atom stereocenters. The van der Waals surface area contributed by atoms with Gasteiger partial charge in [-0.2, -0.15) is 0 Å². The summed E-state index contributed by atoms with van der Waals surface area (Å²) >= 11 is 0. The van der Waals surface area contributed by atoms with Crippen molar-refractivity contribution >= 4 is 5.78 Å². The molecule has 1 unspecified atom stereocenters. The Morgan fingerprint density at radius 3 is 3.07 bits per heavy atom. The minimum atomic E-state index is 0.438. The summed E-state index contributed by atoms with van der Waals surface area (Å²) in [6.45, 7) is 0. The van der Waals surface area contributed by atoms with Crippen molar-refractivity contribution in [3.8, 4) is 0 Å². The van der Waals surface area contributed by atoms with Crippen LogP contribution < -0.4 is 0 Å². The molecule has 0 radical (unpaired) electrons. The fraction of sp³-hybridized carbons (Fsp3) is 0.538. The summed E-state index contributed by atoms with van der Waals surface area (Å²) in [6, 6.07) is 6.00. The highest BCUT2D eigenvalue weighted by Gasteiger charge is 2.18. The lowest BCUT2D eigenvalue weighted by Crippen LogP contribution is -2.09. The van der Waals surface area contributed by atoms with Crippen molar-refractivity contribution < 1.29 is 4.79 Å². The van der Waals surface area contributed by atoms with Gasteiger partial charge in [-0.3, -0.25) is 9.78 Å². The highest BCUT2D eigenvalue weighted by Crippen LogP contribution is 2.23. The zero-order valence-corrected chi connectivity index (χ0v) is 8.98. The van der Waals surface area contributed by atoms with E-state index in [1.807, 2.05) is 18.3 Å². The first-order valence-corrected chi connectivity index (χ1v) is 5.76. The Hall–Kier alpha value is -1.18. The zero-order valence-electron chi connectivity index (χ0n) is 8.98. The van der Waals surface area contributed by atoms with Crippen LogP contribution in [-0.4, -0.2) is 10.8 Å². The second kappa shape index (κ2) is 5.06. The lowest BCUT2D eigenvalue weighted by atomic mass is 9.94. The molecule has 1 fully saturated rings. The van der Waals surface area contributed by atoms with Gasteiger partial charge in [-0.05, 0) is 37.3 Å². The van der Waals surface area contributed by atoms with Gasteiger partial charge in [0.15, 0.2) is 0 Å². The number of hydrogen-bond acceptors (Lipinski definition) is 2. The molecule has 0 spiro atoms. The van der Waals surface area contributed by atoms with E-state index in [-0.39, 0.29) is 0 Å². The van der Waals surface area contributed by atoms with Crippen molar-refractivity contribution in [3.05, 3.63) is 30.1 Å². The van der Waals surface area contributed by atoms with Gasteiger partial charge in [-0.1, -0.05) is 12.5 Å². The van der Waals surface area contributed by atoms with E-state index in [4.69, 9.17) is 0 Å². The van der Waals surface area contributed by atoms with Crippen LogP contribution in [0.3, 0.4) is 0 Å². The molecule has 0 aromatic carbocycles. The standard InChI is InChI=1S/C13H17NO/c15-13-7-2-1-5-11(10-13)9-12-6-3-4-8-14-12/h3-4,6,8,11H,1-2,5,7,9-10H2. The second-order valence-corrected chi connectivity index (χ2v) is 4.38. The average Bonchev–Trinajstić information content (AvgIpc) is 2.44. The van der Waals surface area contributed by atoms with Crippen LogP contribution in [0.15, 0.2) is 24.4 Å². The number of hydrogen-bond donors (Lipinski definition) is 0. The Bertz CT molecular complexity index is 321. The van der Waals surface area contributed by atoms with Crippen LogP contribution in [0.1, 0.15) is 37.8 Å². The fourth-order valence-electron chi connectivity index (χ4n) is 2.27. The average molecular weight is 203 g/mol. The highest BCUT2D eigenvalue weighted by molar-refractivity contribution is 5.78. The predicted octanol–water partition coefficient (Wildman–Crippen LogP) is 2.77. The predicted molar refractivity (Wildman–Crippen MR) is 59.5 cm³/mol. The highest BCUT2D eigenvalue weighted by atomic mass is 16.1. The fourth-order valence-corrected chi connectivity index (χ4v) is 2.27. The third-order valence-electron chi connectivity index (χ3n) is 3.06. The van der Waals surface area contributed by atoms with E-state index >= 15 is 0 Å². The molecular formula is C13H17NO. The van der Waals surface area contributed by atoms with Gasteiger partial charge in [-0.15, -0.1) is 0 Å². The van der Waals surface area contributed by atoms with E-state index in [1.165, 1.54) is 12.8 Å². The maximum atomic E-state index is 11.5. The molecule has 0 aliphatic heterocycles. The van der Waals surface area contributed by atoms with Crippen molar-refractivity contribution in [2.45, 2.75) is 38.5 Å². The molecule has 1 aromatic heterocycles. The van der Waals surface area contributed by atoms with Gasteiger partial charge in [0, 0.05) is 24.7 Å². The smallest absolute Gasteiger partial charge is 0.133 e. The molecular weight excluding hydrogens is 186 g/mol. The summed E-state index contributed by atoms with van der Waals surface area (Å²) in [6.07, 6.45) is 7.80. The molecule has 1 aliphatic rings. The van der Waals surface area contributed by atoms with E-state index in [9.17, 15) is 4.79 Å². The van der Waals surface area contributed by atoms with E-state index in [0.717, 1.165) is 31.4 Å². The molecule has 0 amide bonds. The Morgan fingerprint density at radius 1 is 1.33 bits per heavy atom. The van der Waals surface area contributed by atoms with Gasteiger partial charge in [0.05, 0.1) is 0 Å². The monoisotopic (exact) mass is 203 g/mol. The summed E-state index contributed by atoms with van der Waals surface area (Å²) in [5, 5.41) is 0. The number of aromatic nitrogens is 1. The van der Waals surface area contributed by atoms with Crippen LogP contribution in [-0.2, 0) is 11.2 Å². The maximum absolute atomic E-state index is 11.5. The Balaban J connectivity index is 1.96. The normalized spacial score (nSPS) is 22.4. The summed E-state index contributed by atoms with van der Waals surface area (Å²) in [4.78, 5) is 15.8. The number of pyridine rings is 1. The van der Waals surface area contributed by atoms with Gasteiger partial charge < -0.3 is 0 Å². The van der Waals surface area contributed by atoms with E-state index in [1.54, 1.807) is 0 Å². The molecule has 1 heterocycles. The molecule has 1 aromatic rings. The maximum Gasteiger partial charge on any atom is 0.133 e. The second-order valence-electron chi connectivity index (χ2n) is 4.38. The number of nitrogens with zero attached hydrogens (tertiary/aromatic N) is 1. The van der Waals surface area contributed by atoms with Crippen LogP contribution in [0.4, 0.5) is 0 Å². The minimum Gasteiger partial charge on any atom is -0.300 e. The molecule has 0 bridgehead atoms. The molecule has 2 nitrogen and oxygen atoms in total. The van der Waals surface area contributed by atoms with Crippen molar-refractivity contribution in [2.75, 3.05) is 0 Å². The molecule has 0 saturated heterocycles. The SMILES string of the molecule is O=C1CCCCC(Cc2ccccn2)C1. The Kier molecular flexibility index (Phi) is 3.49. The molecule has 80 valence electrons. The van der Waals surface area contributed by atoms with Gasteiger partial charge >= 0.3 is 0 Å². The molecule has 15 heavy (non-hydrogen) atoms. The summed E-state index contributed by atoms with van der Waals surface area (Å²) in [7, 11) is 0. The third-order valence-corrected chi connectivity index (χ3v) is 3.06. The topological polar surface area (TPSA) is 30.0 Å². The van der Waals surface area contributed by atoms with E-state index in [0.29, 0.717) is 11.7 Å². The van der Waals surface area contributed by atoms with E-state index < -0.39 is 0 Å². The first kappa shape index (κ1) is 10.3. The van der Waals surface area contributed by atoms with Gasteiger partial charge in [-0.25, -0.2) is 0 Å². The summed E-state index contributed by atoms with van der Waals surface area (Å²) in [5.41, 5.74) is 1.12. The summed E-state index contributed by atoms with van der Waals surface area (Å²) in [5.74, 6) is 0.961. The molecule has 2 heteroatoms. The van der Waals surface area contributed by atoms with Crippen LogP contribution in [0.5, 0.6) is 0 Å². The van der Waals surface area contributed by atoms with Crippen LogP contribution in [0.25, 0.3) is 0 Å². The first-order chi connectivity index (χ1) is 7.34. The number of Topliss-reactive ketones (excluding diaryl/α,β-unsaturated/α-hetero) is 1. The van der Waals surface area contributed by atoms with Crippen molar-refractivity contribution in [3.63, 3.8) is 0 Å². The van der Waals surface area contributed by atoms with Crippen molar-refractivity contribution in [1.82, 2.24) is 4.98 Å². The van der Waals surface area contributed by atoms with Crippen molar-refractivity contribution in [1.29, 1.82) is 0 Å². The number of carbonyl (C=O) groups is 1. The lowest BCUT2D eigenvalue weighted by molar-refractivity contribution is -0.119. The van der Waals surface area contributed by atoms with Crippen LogP contribution in [0.2, 0.25) is 0 Å². The Morgan fingerprint density at radius 2 is 2.27 bits per heavy atom. The van der Waals surface area contributed by atoms with Gasteiger partial charge in [0.25, 0.3) is 0 Å². The third kappa shape index (κ3) is 3.15. The molecule has 0 N–H and O–H groups in total. The minimum absolute atomic E-state index is 0.438. The van der Waals surface area contributed by atoms with Crippen LogP contribution >= 0.6 is 0 Å². The number of rotatable bonds is 2. The molecule has 1 saturated carbocycles. The van der Waals surface area contributed by atoms with Gasteiger partial charge in [0.2, 0.25) is 0 Å². The molecule has 1 aliphatic carbocycles. The van der Waals surface area contributed by atoms with Gasteiger partial charge in [0.1, 0.15) is 5.78 Å². The Labute approximate surface area is 90.7 Å². The quantitative estimate of drug-likeness (QED) is 0.692.